The van der Waals surface area contributed by atoms with Crippen molar-refractivity contribution < 1.29 is 13.9 Å². The van der Waals surface area contributed by atoms with Gasteiger partial charge in [-0.05, 0) is 62.6 Å². The molecule has 1 heterocycles. The Bertz CT molecular complexity index is 1350. The van der Waals surface area contributed by atoms with Crippen LogP contribution in [0.5, 0.6) is 0 Å². The normalized spacial score (nSPS) is 11.3. The average molecular weight is 459 g/mol. The first-order valence-corrected chi connectivity index (χ1v) is 11.9. The Balaban J connectivity index is 0.00000158. The van der Waals surface area contributed by atoms with Crippen molar-refractivity contribution in [2.45, 2.75) is 41.5 Å². The third kappa shape index (κ3) is 4.69. The second-order valence-corrected chi connectivity index (χ2v) is 7.82. The molecule has 178 valence electrons. The van der Waals surface area contributed by atoms with E-state index >= 15 is 0 Å². The Hall–Kier alpha value is -3.60. The first kappa shape index (κ1) is 25.0. The second kappa shape index (κ2) is 11.0. The highest BCUT2D eigenvalue weighted by Crippen LogP contribution is 2.42. The van der Waals surface area contributed by atoms with Crippen molar-refractivity contribution in [2.24, 2.45) is 4.99 Å². The predicted molar refractivity (Wildman–Crippen MR) is 141 cm³/mol. The topological polar surface area (TPSA) is 63.8 Å². The van der Waals surface area contributed by atoms with Crippen molar-refractivity contribution in [3.8, 4) is 22.5 Å². The standard InChI is InChI=1S/C27H28N2O3.C2H6/c1-6-28-22-14-24-20(12-16(22)3)26(18-10-8-9-11-19(18)27(30)31-5)21-13-17(4)23(29-7-2)15-25(21)32-24;1-2/h8-15,28H,6-7H2,1-5H3;1-2H3. The second-order valence-electron chi connectivity index (χ2n) is 7.82. The maximum Gasteiger partial charge on any atom is 0.338 e. The Morgan fingerprint density at radius 3 is 2.41 bits per heavy atom. The summed E-state index contributed by atoms with van der Waals surface area (Å²) in [7, 11) is 1.41. The van der Waals surface area contributed by atoms with Gasteiger partial charge in [0.25, 0.3) is 0 Å². The van der Waals surface area contributed by atoms with E-state index in [0.717, 1.165) is 62.1 Å². The Labute approximate surface area is 201 Å². The molecule has 2 aromatic rings. The number of anilines is 1. The summed E-state index contributed by atoms with van der Waals surface area (Å²) in [4.78, 5) is 17.2. The molecule has 0 atom stereocenters. The maximum absolute atomic E-state index is 12.6. The van der Waals surface area contributed by atoms with Gasteiger partial charge in [-0.15, -0.1) is 0 Å². The van der Waals surface area contributed by atoms with Crippen LogP contribution >= 0.6 is 0 Å². The van der Waals surface area contributed by atoms with E-state index in [-0.39, 0.29) is 5.97 Å². The third-order valence-corrected chi connectivity index (χ3v) is 5.68. The molecule has 0 unspecified atom stereocenters. The van der Waals surface area contributed by atoms with Crippen LogP contribution in [0.4, 0.5) is 5.69 Å². The quantitative estimate of drug-likeness (QED) is 0.259. The van der Waals surface area contributed by atoms with Gasteiger partial charge in [0.15, 0.2) is 0 Å². The number of aryl methyl sites for hydroxylation is 2. The first-order chi connectivity index (χ1) is 16.5. The summed E-state index contributed by atoms with van der Waals surface area (Å²) in [6, 6.07) is 15.8. The number of fused-ring (bicyclic) bond motifs is 2. The molecule has 2 aromatic carbocycles. The summed E-state index contributed by atoms with van der Waals surface area (Å²) in [6.45, 7) is 13.7. The Morgan fingerprint density at radius 2 is 1.74 bits per heavy atom. The molecule has 34 heavy (non-hydrogen) atoms. The van der Waals surface area contributed by atoms with Crippen LogP contribution in [0.1, 0.15) is 49.2 Å². The molecule has 1 N–H and O–H groups in total. The number of carbonyl (C=O) groups is 1. The van der Waals surface area contributed by atoms with Crippen LogP contribution in [0, 0.1) is 13.8 Å². The number of carbonyl (C=O) groups excluding carboxylic acids is 1. The predicted octanol–water partition coefficient (Wildman–Crippen LogP) is 6.99. The van der Waals surface area contributed by atoms with E-state index in [4.69, 9.17) is 9.15 Å². The van der Waals surface area contributed by atoms with Gasteiger partial charge in [-0.2, -0.15) is 0 Å². The lowest BCUT2D eigenvalue weighted by Gasteiger charge is -2.19. The van der Waals surface area contributed by atoms with Crippen LogP contribution in [0.25, 0.3) is 33.4 Å². The molecular weight excluding hydrogens is 424 g/mol. The first-order valence-electron chi connectivity index (χ1n) is 11.9. The highest BCUT2D eigenvalue weighted by atomic mass is 16.5. The molecule has 5 nitrogen and oxygen atoms in total. The smallest absolute Gasteiger partial charge is 0.338 e. The van der Waals surface area contributed by atoms with E-state index < -0.39 is 0 Å². The SMILES string of the molecule is CC.CCN=c1cc2oc3cc(NCC)c(C)cc3c(-c3ccccc3C(=O)OC)c-2cc1C. The summed E-state index contributed by atoms with van der Waals surface area (Å²) in [5.74, 6) is 0.370. The van der Waals surface area contributed by atoms with Crippen LogP contribution in [-0.2, 0) is 4.74 Å². The number of esters is 1. The molecule has 1 aliphatic heterocycles. The van der Waals surface area contributed by atoms with Gasteiger partial charge in [-0.1, -0.05) is 32.0 Å². The number of nitrogens with one attached hydrogen (secondary N) is 1. The largest absolute Gasteiger partial charge is 0.465 e. The van der Waals surface area contributed by atoms with Crippen LogP contribution in [0.2, 0.25) is 0 Å². The van der Waals surface area contributed by atoms with Gasteiger partial charge in [0.1, 0.15) is 11.3 Å². The van der Waals surface area contributed by atoms with Gasteiger partial charge >= 0.3 is 5.97 Å². The van der Waals surface area contributed by atoms with Crippen molar-refractivity contribution >= 4 is 22.6 Å². The van der Waals surface area contributed by atoms with Crippen LogP contribution < -0.4 is 10.7 Å². The van der Waals surface area contributed by atoms with E-state index in [0.29, 0.717) is 12.1 Å². The highest BCUT2D eigenvalue weighted by molar-refractivity contribution is 6.08. The number of hydrogen-bond acceptors (Lipinski definition) is 5. The molecule has 0 aromatic heterocycles. The Morgan fingerprint density at radius 1 is 1.00 bits per heavy atom. The molecule has 0 bridgehead atoms. The molecule has 0 saturated heterocycles. The average Bonchev–Trinajstić information content (AvgIpc) is 2.85. The zero-order valence-electron chi connectivity index (χ0n) is 21.2. The molecule has 1 aliphatic carbocycles. The fourth-order valence-electron chi connectivity index (χ4n) is 4.19. The molecule has 0 radical (unpaired) electrons. The van der Waals surface area contributed by atoms with Gasteiger partial charge < -0.3 is 14.5 Å². The van der Waals surface area contributed by atoms with E-state index in [2.05, 4.69) is 36.3 Å². The number of hydrogen-bond donors (Lipinski definition) is 1. The van der Waals surface area contributed by atoms with Crippen LogP contribution in [-0.4, -0.2) is 26.2 Å². The Kier molecular flexibility index (Phi) is 8.11. The third-order valence-electron chi connectivity index (χ3n) is 5.68. The lowest BCUT2D eigenvalue weighted by atomic mass is 9.89. The highest BCUT2D eigenvalue weighted by Gasteiger charge is 2.23. The van der Waals surface area contributed by atoms with Crippen molar-refractivity contribution in [2.75, 3.05) is 25.5 Å². The lowest BCUT2D eigenvalue weighted by molar-refractivity contribution is 0.0601. The number of rotatable bonds is 5. The van der Waals surface area contributed by atoms with E-state index in [9.17, 15) is 4.79 Å². The number of nitrogens with zero attached hydrogens (tertiary/aromatic N) is 1. The molecular formula is C29H34N2O3. The van der Waals surface area contributed by atoms with Crippen molar-refractivity contribution in [1.29, 1.82) is 0 Å². The van der Waals surface area contributed by atoms with Gasteiger partial charge in [-0.25, -0.2) is 4.79 Å². The fraction of sp³-hybridized carbons (Fsp3) is 0.310. The molecule has 2 aliphatic rings. The minimum atomic E-state index is -0.363. The molecule has 4 rings (SSSR count). The molecule has 0 saturated carbocycles. The van der Waals surface area contributed by atoms with Crippen molar-refractivity contribution in [3.05, 3.63) is 70.6 Å². The molecule has 0 fully saturated rings. The zero-order chi connectivity index (χ0) is 24.8. The summed E-state index contributed by atoms with van der Waals surface area (Å²) >= 11 is 0. The van der Waals surface area contributed by atoms with E-state index in [1.165, 1.54) is 7.11 Å². The fourth-order valence-corrected chi connectivity index (χ4v) is 4.19. The monoisotopic (exact) mass is 458 g/mol. The summed E-state index contributed by atoms with van der Waals surface area (Å²) in [6.07, 6.45) is 0. The van der Waals surface area contributed by atoms with E-state index in [1.54, 1.807) is 6.07 Å². The van der Waals surface area contributed by atoms with Gasteiger partial charge in [-0.3, -0.25) is 4.99 Å². The van der Waals surface area contributed by atoms with Crippen molar-refractivity contribution in [3.63, 3.8) is 0 Å². The maximum atomic E-state index is 12.6. The molecule has 0 spiro atoms. The minimum Gasteiger partial charge on any atom is -0.465 e. The van der Waals surface area contributed by atoms with Gasteiger partial charge in [0.05, 0.1) is 18.0 Å². The molecule has 0 amide bonds. The van der Waals surface area contributed by atoms with E-state index in [1.807, 2.05) is 58.0 Å². The number of methoxy groups -OCH3 is 1. The summed E-state index contributed by atoms with van der Waals surface area (Å²) in [5.41, 5.74) is 7.20. The summed E-state index contributed by atoms with van der Waals surface area (Å²) in [5, 5.41) is 5.27. The molecule has 5 heteroatoms. The van der Waals surface area contributed by atoms with Gasteiger partial charge in [0.2, 0.25) is 0 Å². The number of ether oxygens (including phenoxy) is 1. The number of benzene rings is 3. The zero-order valence-corrected chi connectivity index (χ0v) is 21.2. The summed E-state index contributed by atoms with van der Waals surface area (Å²) < 4.78 is 11.5. The minimum absolute atomic E-state index is 0.363. The van der Waals surface area contributed by atoms with Crippen LogP contribution in [0.3, 0.4) is 0 Å². The van der Waals surface area contributed by atoms with Gasteiger partial charge in [0, 0.05) is 47.4 Å². The lowest BCUT2D eigenvalue weighted by Crippen LogP contribution is -2.10. The van der Waals surface area contributed by atoms with Crippen molar-refractivity contribution in [1.82, 2.24) is 0 Å². The van der Waals surface area contributed by atoms with Crippen LogP contribution in [0.15, 0.2) is 57.9 Å².